The molecule has 0 unspecified atom stereocenters. The fourth-order valence-electron chi connectivity index (χ4n) is 6.69. The summed E-state index contributed by atoms with van der Waals surface area (Å²) in [4.78, 5) is 14.8. The normalized spacial score (nSPS) is 30.5. The van der Waals surface area contributed by atoms with Gasteiger partial charge in [-0.3, -0.25) is 4.79 Å². The van der Waals surface area contributed by atoms with Gasteiger partial charge in [0.1, 0.15) is 0 Å². The van der Waals surface area contributed by atoms with Crippen molar-refractivity contribution in [3.8, 4) is 0 Å². The van der Waals surface area contributed by atoms with Gasteiger partial charge >= 0.3 is 0 Å². The minimum absolute atomic E-state index is 0.0193. The van der Waals surface area contributed by atoms with E-state index in [9.17, 15) is 4.79 Å². The minimum atomic E-state index is -0.0193. The average molecular weight is 379 g/mol. The summed E-state index contributed by atoms with van der Waals surface area (Å²) in [7, 11) is 1.94. The van der Waals surface area contributed by atoms with Gasteiger partial charge in [0, 0.05) is 19.7 Å². The van der Waals surface area contributed by atoms with E-state index in [0.717, 1.165) is 42.8 Å². The van der Waals surface area contributed by atoms with Crippen LogP contribution in [0.3, 0.4) is 0 Å². The van der Waals surface area contributed by atoms with Crippen LogP contribution in [0.1, 0.15) is 60.3 Å². The predicted octanol–water partition coefficient (Wildman–Crippen LogP) is 4.75. The molecule has 28 heavy (non-hydrogen) atoms. The molecular formula is C24H30N2O2. The van der Waals surface area contributed by atoms with E-state index >= 15 is 0 Å². The lowest BCUT2D eigenvalue weighted by Gasteiger charge is -2.57. The monoisotopic (exact) mass is 378 g/mol. The number of aromatic nitrogens is 1. The number of carbonyl (C=O) groups excluding carboxylic acids is 1. The van der Waals surface area contributed by atoms with Crippen LogP contribution in [-0.2, 0) is 12.8 Å². The number of carbonyl (C=O) groups is 1. The molecule has 4 saturated carbocycles. The summed E-state index contributed by atoms with van der Waals surface area (Å²) in [5.74, 6) is 3.09. The van der Waals surface area contributed by atoms with Crippen molar-refractivity contribution in [1.82, 2.24) is 10.1 Å². The van der Waals surface area contributed by atoms with Crippen LogP contribution >= 0.6 is 0 Å². The first-order chi connectivity index (χ1) is 13.6. The van der Waals surface area contributed by atoms with E-state index < -0.39 is 0 Å². The molecule has 4 heteroatoms. The van der Waals surface area contributed by atoms with Crippen molar-refractivity contribution in [1.29, 1.82) is 0 Å². The maximum absolute atomic E-state index is 12.9. The van der Waals surface area contributed by atoms with Crippen LogP contribution in [0.4, 0.5) is 0 Å². The molecule has 1 aromatic carbocycles. The third-order valence-electron chi connectivity index (χ3n) is 7.37. The van der Waals surface area contributed by atoms with Gasteiger partial charge in [-0.2, -0.15) is 0 Å². The Morgan fingerprint density at radius 3 is 2.36 bits per heavy atom. The van der Waals surface area contributed by atoms with Gasteiger partial charge in [0.05, 0.1) is 5.69 Å². The van der Waals surface area contributed by atoms with Gasteiger partial charge in [0.2, 0.25) is 5.76 Å². The maximum Gasteiger partial charge on any atom is 0.292 e. The van der Waals surface area contributed by atoms with Crippen LogP contribution in [-0.4, -0.2) is 29.6 Å². The van der Waals surface area contributed by atoms with Crippen LogP contribution in [0.15, 0.2) is 40.9 Å². The number of benzene rings is 1. The van der Waals surface area contributed by atoms with Gasteiger partial charge in [-0.25, -0.2) is 0 Å². The molecule has 4 aliphatic carbocycles. The number of hydrogen-bond acceptors (Lipinski definition) is 3. The maximum atomic E-state index is 12.9. The second kappa shape index (κ2) is 7.06. The third-order valence-corrected chi connectivity index (χ3v) is 7.37. The lowest BCUT2D eigenvalue weighted by atomic mass is 9.49. The molecule has 1 amide bonds. The molecule has 0 aliphatic heterocycles. The first kappa shape index (κ1) is 18.0. The van der Waals surface area contributed by atoms with Gasteiger partial charge in [0.25, 0.3) is 5.91 Å². The molecule has 148 valence electrons. The molecule has 4 nitrogen and oxygen atoms in total. The quantitative estimate of drug-likeness (QED) is 0.729. The van der Waals surface area contributed by atoms with Crippen molar-refractivity contribution in [3.63, 3.8) is 0 Å². The van der Waals surface area contributed by atoms with E-state index in [0.29, 0.717) is 11.2 Å². The van der Waals surface area contributed by atoms with Gasteiger partial charge in [0.15, 0.2) is 0 Å². The summed E-state index contributed by atoms with van der Waals surface area (Å²) in [6, 6.07) is 12.2. The minimum Gasteiger partial charge on any atom is -0.351 e. The lowest BCUT2D eigenvalue weighted by Crippen LogP contribution is -2.51. The Morgan fingerprint density at radius 2 is 1.71 bits per heavy atom. The van der Waals surface area contributed by atoms with Crippen molar-refractivity contribution >= 4 is 5.91 Å². The summed E-state index contributed by atoms with van der Waals surface area (Å²) in [5.41, 5.74) is 2.49. The molecule has 4 aliphatic rings. The molecule has 0 N–H and O–H groups in total. The smallest absolute Gasteiger partial charge is 0.292 e. The largest absolute Gasteiger partial charge is 0.351 e. The second-order valence-corrected chi connectivity index (χ2v) is 9.75. The standard InChI is InChI=1S/C24H30N2O2/c1-26(16-24-13-18-9-19(14-24)11-20(10-18)15-24)23(27)22-12-21(25-28-22)8-7-17-5-3-2-4-6-17/h2-6,12,18-20H,7-11,13-16H2,1H3. The van der Waals surface area contributed by atoms with Crippen LogP contribution in [0, 0.1) is 23.2 Å². The van der Waals surface area contributed by atoms with Gasteiger partial charge in [-0.1, -0.05) is 35.5 Å². The molecule has 2 aromatic rings. The van der Waals surface area contributed by atoms with Crippen molar-refractivity contribution < 1.29 is 9.32 Å². The summed E-state index contributed by atoms with van der Waals surface area (Å²) in [6.07, 6.45) is 9.95. The van der Waals surface area contributed by atoms with Crippen molar-refractivity contribution in [3.05, 3.63) is 53.4 Å². The molecule has 0 saturated heterocycles. The molecule has 0 atom stereocenters. The molecule has 6 rings (SSSR count). The number of aryl methyl sites for hydroxylation is 2. The predicted molar refractivity (Wildman–Crippen MR) is 108 cm³/mol. The topological polar surface area (TPSA) is 46.3 Å². The molecule has 1 heterocycles. The van der Waals surface area contributed by atoms with E-state index in [1.807, 2.05) is 36.2 Å². The van der Waals surface area contributed by atoms with Crippen LogP contribution in [0.5, 0.6) is 0 Å². The fraction of sp³-hybridized carbons (Fsp3) is 0.583. The van der Waals surface area contributed by atoms with E-state index in [4.69, 9.17) is 4.52 Å². The Balaban J connectivity index is 1.21. The number of amides is 1. The van der Waals surface area contributed by atoms with Crippen molar-refractivity contribution in [2.45, 2.75) is 51.4 Å². The molecular weight excluding hydrogens is 348 g/mol. The first-order valence-corrected chi connectivity index (χ1v) is 10.8. The fourth-order valence-corrected chi connectivity index (χ4v) is 6.69. The molecule has 0 radical (unpaired) electrons. The molecule has 1 aromatic heterocycles. The highest BCUT2D eigenvalue weighted by molar-refractivity contribution is 5.91. The Hall–Kier alpha value is -2.10. The zero-order chi connectivity index (χ0) is 19.1. The number of hydrogen-bond donors (Lipinski definition) is 0. The zero-order valence-corrected chi connectivity index (χ0v) is 16.8. The highest BCUT2D eigenvalue weighted by Crippen LogP contribution is 2.60. The van der Waals surface area contributed by atoms with Gasteiger partial charge < -0.3 is 9.42 Å². The van der Waals surface area contributed by atoms with Crippen molar-refractivity contribution in [2.24, 2.45) is 23.2 Å². The Bertz CT molecular complexity index is 806. The summed E-state index contributed by atoms with van der Waals surface area (Å²) in [5, 5.41) is 4.14. The third kappa shape index (κ3) is 3.49. The Kier molecular flexibility index (Phi) is 4.53. The highest BCUT2D eigenvalue weighted by Gasteiger charge is 2.51. The molecule has 4 fully saturated rings. The zero-order valence-electron chi connectivity index (χ0n) is 16.8. The summed E-state index contributed by atoms with van der Waals surface area (Å²) in [6.45, 7) is 0.870. The molecule has 4 bridgehead atoms. The lowest BCUT2D eigenvalue weighted by molar-refractivity contribution is -0.0631. The number of rotatable bonds is 6. The molecule has 0 spiro atoms. The summed E-state index contributed by atoms with van der Waals surface area (Å²) >= 11 is 0. The second-order valence-electron chi connectivity index (χ2n) is 9.75. The van der Waals surface area contributed by atoms with Crippen LogP contribution in [0.2, 0.25) is 0 Å². The Labute approximate surface area is 167 Å². The first-order valence-electron chi connectivity index (χ1n) is 10.8. The summed E-state index contributed by atoms with van der Waals surface area (Å²) < 4.78 is 5.42. The van der Waals surface area contributed by atoms with Crippen LogP contribution in [0.25, 0.3) is 0 Å². The highest BCUT2D eigenvalue weighted by atomic mass is 16.5. The Morgan fingerprint density at radius 1 is 1.07 bits per heavy atom. The van der Waals surface area contributed by atoms with Crippen LogP contribution < -0.4 is 0 Å². The van der Waals surface area contributed by atoms with Gasteiger partial charge in [-0.15, -0.1) is 0 Å². The van der Waals surface area contributed by atoms with E-state index in [2.05, 4.69) is 17.3 Å². The van der Waals surface area contributed by atoms with E-state index in [1.165, 1.54) is 44.1 Å². The van der Waals surface area contributed by atoms with E-state index in [1.54, 1.807) is 0 Å². The van der Waals surface area contributed by atoms with E-state index in [-0.39, 0.29) is 5.91 Å². The van der Waals surface area contributed by atoms with Crippen molar-refractivity contribution in [2.75, 3.05) is 13.6 Å². The average Bonchev–Trinajstić information content (AvgIpc) is 3.14. The van der Waals surface area contributed by atoms with Gasteiger partial charge in [-0.05, 0) is 80.1 Å². The SMILES string of the molecule is CN(CC12CC3CC(CC(C3)C1)C2)C(=O)c1cc(CCc2ccccc2)no1. The number of nitrogens with zero attached hydrogens (tertiary/aromatic N) is 2.